The van der Waals surface area contributed by atoms with Gasteiger partial charge in [-0.1, -0.05) is 36.0 Å². The second kappa shape index (κ2) is 8.59. The molecule has 0 spiro atoms. The minimum absolute atomic E-state index is 0.0431. The Bertz CT molecular complexity index is 1060. The van der Waals surface area contributed by atoms with Gasteiger partial charge in [-0.05, 0) is 35.4 Å². The van der Waals surface area contributed by atoms with Gasteiger partial charge in [-0.3, -0.25) is 4.79 Å². The lowest BCUT2D eigenvalue weighted by atomic mass is 10.1. The van der Waals surface area contributed by atoms with Crippen molar-refractivity contribution in [3.05, 3.63) is 77.6 Å². The van der Waals surface area contributed by atoms with Crippen molar-refractivity contribution in [2.45, 2.75) is 22.3 Å². The summed E-state index contributed by atoms with van der Waals surface area (Å²) in [6, 6.07) is 13.5. The molecule has 0 aliphatic rings. The van der Waals surface area contributed by atoms with Gasteiger partial charge in [0.2, 0.25) is 10.0 Å². The molecule has 0 aliphatic heterocycles. The number of hydrogen-bond acceptors (Lipinski definition) is 5. The van der Waals surface area contributed by atoms with Crippen molar-refractivity contribution in [1.29, 1.82) is 0 Å². The van der Waals surface area contributed by atoms with Crippen LogP contribution in [0.1, 0.15) is 21.5 Å². The van der Waals surface area contributed by atoms with Gasteiger partial charge in [0.15, 0.2) is 5.16 Å². The summed E-state index contributed by atoms with van der Waals surface area (Å²) in [5, 5.41) is 8.83. The molecular formula is C19H20N4O3S2. The van der Waals surface area contributed by atoms with Crippen molar-refractivity contribution in [2.24, 2.45) is 12.2 Å². The van der Waals surface area contributed by atoms with E-state index in [1.54, 1.807) is 42.2 Å². The molecule has 0 atom stereocenters. The third kappa shape index (κ3) is 5.22. The molecule has 7 nitrogen and oxygen atoms in total. The number of nitrogens with one attached hydrogen (secondary N) is 1. The summed E-state index contributed by atoms with van der Waals surface area (Å²) in [6.45, 7) is 0.292. The highest BCUT2D eigenvalue weighted by Gasteiger charge is 2.09. The number of imidazole rings is 1. The first kappa shape index (κ1) is 20.1. The highest BCUT2D eigenvalue weighted by molar-refractivity contribution is 7.98. The number of primary sulfonamides is 1. The topological polar surface area (TPSA) is 107 Å². The van der Waals surface area contributed by atoms with Gasteiger partial charge in [-0.2, -0.15) is 0 Å². The van der Waals surface area contributed by atoms with Gasteiger partial charge in [0.05, 0.1) is 4.90 Å². The van der Waals surface area contributed by atoms with E-state index in [-0.39, 0.29) is 10.8 Å². The Labute approximate surface area is 168 Å². The van der Waals surface area contributed by atoms with Gasteiger partial charge < -0.3 is 9.88 Å². The number of nitrogens with zero attached hydrogens (tertiary/aromatic N) is 2. The molecule has 1 aromatic heterocycles. The van der Waals surface area contributed by atoms with Crippen molar-refractivity contribution in [3.63, 3.8) is 0 Å². The molecule has 2 aromatic carbocycles. The molecule has 3 aromatic rings. The van der Waals surface area contributed by atoms with Crippen LogP contribution in [0.15, 0.2) is 71.0 Å². The Hall–Kier alpha value is -2.62. The number of aromatic nitrogens is 2. The minimum atomic E-state index is -3.71. The van der Waals surface area contributed by atoms with Crippen LogP contribution in [0.2, 0.25) is 0 Å². The predicted octanol–water partition coefficient (Wildman–Crippen LogP) is 2.29. The zero-order valence-electron chi connectivity index (χ0n) is 15.2. The average molecular weight is 417 g/mol. The molecule has 0 aliphatic carbocycles. The van der Waals surface area contributed by atoms with Crippen LogP contribution in [-0.4, -0.2) is 23.9 Å². The summed E-state index contributed by atoms with van der Waals surface area (Å²) < 4.78 is 24.5. The first-order valence-electron chi connectivity index (χ1n) is 8.42. The van der Waals surface area contributed by atoms with E-state index in [2.05, 4.69) is 10.3 Å². The van der Waals surface area contributed by atoms with E-state index in [1.165, 1.54) is 12.1 Å². The average Bonchev–Trinajstić information content (AvgIpc) is 3.09. The smallest absolute Gasteiger partial charge is 0.251 e. The minimum Gasteiger partial charge on any atom is -0.348 e. The van der Waals surface area contributed by atoms with E-state index < -0.39 is 10.0 Å². The van der Waals surface area contributed by atoms with E-state index in [0.29, 0.717) is 12.1 Å². The highest BCUT2D eigenvalue weighted by Crippen LogP contribution is 2.20. The zero-order chi connectivity index (χ0) is 20.1. The van der Waals surface area contributed by atoms with Crippen LogP contribution in [0.5, 0.6) is 0 Å². The zero-order valence-corrected chi connectivity index (χ0v) is 16.8. The van der Waals surface area contributed by atoms with Crippen LogP contribution in [-0.2, 0) is 29.4 Å². The Morgan fingerprint density at radius 1 is 1.11 bits per heavy atom. The summed E-state index contributed by atoms with van der Waals surface area (Å²) in [4.78, 5) is 16.6. The molecule has 1 amide bonds. The fraction of sp³-hybridized carbons (Fsp3) is 0.158. The number of sulfonamides is 1. The fourth-order valence-electron chi connectivity index (χ4n) is 2.47. The molecule has 0 saturated carbocycles. The normalized spacial score (nSPS) is 11.4. The molecule has 9 heteroatoms. The number of thioether (sulfide) groups is 1. The van der Waals surface area contributed by atoms with Crippen LogP contribution in [0.4, 0.5) is 0 Å². The number of amides is 1. The van der Waals surface area contributed by atoms with Gasteiger partial charge in [0, 0.05) is 37.3 Å². The fourth-order valence-corrected chi connectivity index (χ4v) is 3.88. The van der Waals surface area contributed by atoms with Crippen molar-refractivity contribution in [2.75, 3.05) is 0 Å². The van der Waals surface area contributed by atoms with E-state index in [0.717, 1.165) is 22.0 Å². The predicted molar refractivity (Wildman–Crippen MR) is 108 cm³/mol. The number of nitrogens with two attached hydrogens (primary N) is 1. The van der Waals surface area contributed by atoms with Crippen LogP contribution < -0.4 is 10.5 Å². The lowest BCUT2D eigenvalue weighted by Gasteiger charge is -2.07. The van der Waals surface area contributed by atoms with E-state index in [4.69, 9.17) is 5.14 Å². The maximum absolute atomic E-state index is 12.3. The third-order valence-corrected chi connectivity index (χ3v) is 6.12. The van der Waals surface area contributed by atoms with Gasteiger partial charge in [0.1, 0.15) is 0 Å². The molecule has 1 heterocycles. The number of aryl methyl sites for hydroxylation is 1. The summed E-state index contributed by atoms with van der Waals surface area (Å²) in [5.74, 6) is 0.571. The standard InChI is InChI=1S/C19H20N4O3S2/c1-23-11-10-21-19(23)27-13-15-2-6-16(7-3-15)18(24)22-12-14-4-8-17(9-5-14)28(20,25)26/h2-11H,12-13H2,1H3,(H,22,24)(H2,20,25,26). The maximum Gasteiger partial charge on any atom is 0.251 e. The number of carbonyl (C=O) groups is 1. The molecule has 0 unspecified atom stereocenters. The molecule has 0 fully saturated rings. The lowest BCUT2D eigenvalue weighted by Crippen LogP contribution is -2.22. The molecular weight excluding hydrogens is 396 g/mol. The van der Waals surface area contributed by atoms with Crippen molar-refractivity contribution < 1.29 is 13.2 Å². The van der Waals surface area contributed by atoms with Crippen LogP contribution >= 0.6 is 11.8 Å². The Morgan fingerprint density at radius 2 is 1.75 bits per heavy atom. The van der Waals surface area contributed by atoms with Crippen LogP contribution in [0.3, 0.4) is 0 Å². The number of hydrogen-bond donors (Lipinski definition) is 2. The SMILES string of the molecule is Cn1ccnc1SCc1ccc(C(=O)NCc2ccc(S(N)(=O)=O)cc2)cc1. The number of carbonyl (C=O) groups excluding carboxylic acids is 1. The third-order valence-electron chi connectivity index (χ3n) is 4.07. The van der Waals surface area contributed by atoms with Crippen LogP contribution in [0, 0.1) is 0 Å². The molecule has 0 radical (unpaired) electrons. The second-order valence-corrected chi connectivity index (χ2v) is 8.68. The van der Waals surface area contributed by atoms with Gasteiger partial charge in [0.25, 0.3) is 5.91 Å². The van der Waals surface area contributed by atoms with Crippen LogP contribution in [0.25, 0.3) is 0 Å². The summed E-state index contributed by atoms with van der Waals surface area (Å²) >= 11 is 1.63. The lowest BCUT2D eigenvalue weighted by molar-refractivity contribution is 0.0951. The number of rotatable bonds is 7. The molecule has 3 N–H and O–H groups in total. The van der Waals surface area contributed by atoms with Gasteiger partial charge in [-0.15, -0.1) is 0 Å². The maximum atomic E-state index is 12.3. The molecule has 3 rings (SSSR count). The highest BCUT2D eigenvalue weighted by atomic mass is 32.2. The summed E-state index contributed by atoms with van der Waals surface area (Å²) in [6.07, 6.45) is 3.66. The first-order chi connectivity index (χ1) is 13.3. The molecule has 146 valence electrons. The van der Waals surface area contributed by atoms with Crippen molar-refractivity contribution >= 4 is 27.7 Å². The summed E-state index contributed by atoms with van der Waals surface area (Å²) in [7, 11) is -1.76. The van der Waals surface area contributed by atoms with E-state index >= 15 is 0 Å². The Morgan fingerprint density at radius 3 is 2.32 bits per heavy atom. The van der Waals surface area contributed by atoms with Crippen molar-refractivity contribution in [1.82, 2.24) is 14.9 Å². The quantitative estimate of drug-likeness (QED) is 0.575. The van der Waals surface area contributed by atoms with Gasteiger partial charge >= 0.3 is 0 Å². The first-order valence-corrected chi connectivity index (χ1v) is 10.9. The molecule has 0 bridgehead atoms. The Kier molecular flexibility index (Phi) is 6.18. The van der Waals surface area contributed by atoms with Crippen molar-refractivity contribution in [3.8, 4) is 0 Å². The van der Waals surface area contributed by atoms with Gasteiger partial charge in [-0.25, -0.2) is 18.5 Å². The molecule has 28 heavy (non-hydrogen) atoms. The van der Waals surface area contributed by atoms with E-state index in [9.17, 15) is 13.2 Å². The largest absolute Gasteiger partial charge is 0.348 e. The van der Waals surface area contributed by atoms with E-state index in [1.807, 2.05) is 29.9 Å². The monoisotopic (exact) mass is 416 g/mol. The summed E-state index contributed by atoms with van der Waals surface area (Å²) in [5.41, 5.74) is 2.44. The number of benzene rings is 2. The Balaban J connectivity index is 1.53. The second-order valence-electron chi connectivity index (χ2n) is 6.18. The molecule has 0 saturated heterocycles.